The van der Waals surface area contributed by atoms with E-state index in [1.807, 2.05) is 14.0 Å². The van der Waals surface area contributed by atoms with E-state index >= 15 is 0 Å². The molecule has 1 aromatic rings. The second-order valence-electron chi connectivity index (χ2n) is 6.88. The molecule has 0 spiro atoms. The van der Waals surface area contributed by atoms with Crippen LogP contribution in [0.2, 0.25) is 0 Å². The molecule has 130 valence electrons. The zero-order valence-electron chi connectivity index (χ0n) is 14.2. The van der Waals surface area contributed by atoms with E-state index in [0.717, 1.165) is 44.6 Å². The first-order chi connectivity index (χ1) is 10.9. The highest BCUT2D eigenvalue weighted by molar-refractivity contribution is 5.18. The van der Waals surface area contributed by atoms with Crippen molar-refractivity contribution in [3.8, 4) is 0 Å². The molecule has 0 saturated carbocycles. The van der Waals surface area contributed by atoms with Gasteiger partial charge >= 0.3 is 0 Å². The standard InChI is InChI=1S/C18H29FN2O2/c1-14(22)11-21-9-7-15(8-10-21)12-20(2)13-18(23)16-3-5-17(19)6-4-16/h3-6,14-15,18,22-23H,7-13H2,1-2H3/t14-,18+/m1/s1. The number of β-amino-alcohol motifs (C(OH)–C–C–N with tert-alkyl or cyclic N) is 1. The molecule has 2 atom stereocenters. The summed E-state index contributed by atoms with van der Waals surface area (Å²) in [5, 5.41) is 19.7. The average Bonchev–Trinajstić information content (AvgIpc) is 2.49. The predicted molar refractivity (Wildman–Crippen MR) is 89.7 cm³/mol. The maximum Gasteiger partial charge on any atom is 0.123 e. The Morgan fingerprint density at radius 3 is 2.39 bits per heavy atom. The summed E-state index contributed by atoms with van der Waals surface area (Å²) in [5.41, 5.74) is 0.755. The normalized spacial score (nSPS) is 19.9. The monoisotopic (exact) mass is 324 g/mol. The minimum atomic E-state index is -0.587. The molecule has 1 fully saturated rings. The molecule has 1 aliphatic rings. The van der Waals surface area contributed by atoms with Crippen LogP contribution < -0.4 is 0 Å². The van der Waals surface area contributed by atoms with Crippen LogP contribution in [0.1, 0.15) is 31.4 Å². The number of hydrogen-bond donors (Lipinski definition) is 2. The molecule has 1 aromatic carbocycles. The summed E-state index contributed by atoms with van der Waals surface area (Å²) in [6, 6.07) is 6.05. The largest absolute Gasteiger partial charge is 0.392 e. The lowest BCUT2D eigenvalue weighted by molar-refractivity contribution is 0.0806. The van der Waals surface area contributed by atoms with Crippen LogP contribution in [-0.4, -0.2) is 65.9 Å². The summed E-state index contributed by atoms with van der Waals surface area (Å²) >= 11 is 0. The molecule has 1 saturated heterocycles. The fourth-order valence-corrected chi connectivity index (χ4v) is 3.33. The Morgan fingerprint density at radius 2 is 1.83 bits per heavy atom. The zero-order chi connectivity index (χ0) is 16.8. The van der Waals surface area contributed by atoms with Crippen LogP contribution in [0.15, 0.2) is 24.3 Å². The lowest BCUT2D eigenvalue weighted by atomic mass is 9.96. The van der Waals surface area contributed by atoms with Gasteiger partial charge in [-0.2, -0.15) is 0 Å². The van der Waals surface area contributed by atoms with Gasteiger partial charge in [0.15, 0.2) is 0 Å². The molecule has 5 heteroatoms. The quantitative estimate of drug-likeness (QED) is 0.804. The molecule has 0 bridgehead atoms. The molecule has 0 aliphatic carbocycles. The number of likely N-dealkylation sites (tertiary alicyclic amines) is 1. The van der Waals surface area contributed by atoms with E-state index in [9.17, 15) is 14.6 Å². The summed E-state index contributed by atoms with van der Waals surface area (Å²) in [7, 11) is 2.02. The number of likely N-dealkylation sites (N-methyl/N-ethyl adjacent to an activating group) is 1. The highest BCUT2D eigenvalue weighted by Crippen LogP contribution is 2.20. The Hall–Kier alpha value is -1.01. The molecule has 4 nitrogen and oxygen atoms in total. The third-order valence-electron chi connectivity index (χ3n) is 4.54. The number of aliphatic hydroxyl groups excluding tert-OH is 2. The van der Waals surface area contributed by atoms with Gasteiger partial charge in [-0.25, -0.2) is 4.39 Å². The summed E-state index contributed by atoms with van der Waals surface area (Å²) in [4.78, 5) is 4.47. The molecule has 0 unspecified atom stereocenters. The lowest BCUT2D eigenvalue weighted by Gasteiger charge is -2.34. The van der Waals surface area contributed by atoms with Gasteiger partial charge in [-0.1, -0.05) is 12.1 Å². The van der Waals surface area contributed by atoms with Crippen LogP contribution in [0.3, 0.4) is 0 Å². The smallest absolute Gasteiger partial charge is 0.123 e. The zero-order valence-corrected chi connectivity index (χ0v) is 14.2. The molecule has 0 radical (unpaired) electrons. The first-order valence-corrected chi connectivity index (χ1v) is 8.46. The van der Waals surface area contributed by atoms with E-state index < -0.39 is 6.10 Å². The van der Waals surface area contributed by atoms with Crippen molar-refractivity contribution in [2.24, 2.45) is 5.92 Å². The van der Waals surface area contributed by atoms with Crippen molar-refractivity contribution in [2.75, 3.05) is 39.8 Å². The number of hydrogen-bond acceptors (Lipinski definition) is 4. The van der Waals surface area contributed by atoms with Crippen molar-refractivity contribution in [1.29, 1.82) is 0 Å². The maximum absolute atomic E-state index is 12.9. The molecule has 1 heterocycles. The number of nitrogens with zero attached hydrogens (tertiary/aromatic N) is 2. The molecule has 2 rings (SSSR count). The minimum absolute atomic E-state index is 0.264. The van der Waals surface area contributed by atoms with Gasteiger partial charge in [0.2, 0.25) is 0 Å². The molecular formula is C18H29FN2O2. The number of rotatable bonds is 7. The van der Waals surface area contributed by atoms with Crippen LogP contribution in [-0.2, 0) is 0 Å². The van der Waals surface area contributed by atoms with Crippen LogP contribution in [0, 0.1) is 11.7 Å². The molecular weight excluding hydrogens is 295 g/mol. The van der Waals surface area contributed by atoms with Crippen LogP contribution in [0.4, 0.5) is 4.39 Å². The third-order valence-corrected chi connectivity index (χ3v) is 4.54. The second kappa shape index (κ2) is 8.73. The SMILES string of the molecule is C[C@@H](O)CN1CCC(CN(C)C[C@H](O)c2ccc(F)cc2)CC1. The topological polar surface area (TPSA) is 46.9 Å². The number of benzene rings is 1. The van der Waals surface area contributed by atoms with Gasteiger partial charge in [0.25, 0.3) is 0 Å². The van der Waals surface area contributed by atoms with Crippen molar-refractivity contribution < 1.29 is 14.6 Å². The van der Waals surface area contributed by atoms with E-state index in [2.05, 4.69) is 9.80 Å². The summed E-state index contributed by atoms with van der Waals surface area (Å²) in [6.45, 7) is 6.16. The fraction of sp³-hybridized carbons (Fsp3) is 0.667. The van der Waals surface area contributed by atoms with Crippen molar-refractivity contribution in [1.82, 2.24) is 9.80 Å². The highest BCUT2D eigenvalue weighted by atomic mass is 19.1. The van der Waals surface area contributed by atoms with Gasteiger partial charge in [-0.15, -0.1) is 0 Å². The van der Waals surface area contributed by atoms with Crippen LogP contribution in [0.5, 0.6) is 0 Å². The lowest BCUT2D eigenvalue weighted by Crippen LogP contribution is -2.41. The van der Waals surface area contributed by atoms with E-state index in [-0.39, 0.29) is 11.9 Å². The summed E-state index contributed by atoms with van der Waals surface area (Å²) < 4.78 is 12.9. The van der Waals surface area contributed by atoms with E-state index in [1.54, 1.807) is 12.1 Å². The molecule has 1 aliphatic heterocycles. The van der Waals surface area contributed by atoms with E-state index in [1.165, 1.54) is 12.1 Å². The molecule has 0 aromatic heterocycles. The van der Waals surface area contributed by atoms with Gasteiger partial charge in [0.05, 0.1) is 12.2 Å². The van der Waals surface area contributed by atoms with Gasteiger partial charge in [-0.3, -0.25) is 0 Å². The van der Waals surface area contributed by atoms with Gasteiger partial charge in [-0.05, 0) is 63.5 Å². The average molecular weight is 324 g/mol. The van der Waals surface area contributed by atoms with Gasteiger partial charge in [0, 0.05) is 19.6 Å². The Kier molecular flexibility index (Phi) is 6.96. The minimum Gasteiger partial charge on any atom is -0.392 e. The summed E-state index contributed by atoms with van der Waals surface area (Å²) in [6.07, 6.45) is 1.41. The Balaban J connectivity index is 1.72. The maximum atomic E-state index is 12.9. The van der Waals surface area contributed by atoms with Crippen LogP contribution in [0.25, 0.3) is 0 Å². The van der Waals surface area contributed by atoms with Gasteiger partial charge < -0.3 is 20.0 Å². The second-order valence-corrected chi connectivity index (χ2v) is 6.88. The van der Waals surface area contributed by atoms with Crippen molar-refractivity contribution in [2.45, 2.75) is 32.0 Å². The van der Waals surface area contributed by atoms with Crippen molar-refractivity contribution in [3.63, 3.8) is 0 Å². The highest BCUT2D eigenvalue weighted by Gasteiger charge is 2.22. The van der Waals surface area contributed by atoms with E-state index in [0.29, 0.717) is 12.5 Å². The Labute approximate surface area is 138 Å². The molecule has 2 N–H and O–H groups in total. The first kappa shape index (κ1) is 18.3. The Morgan fingerprint density at radius 1 is 1.22 bits per heavy atom. The van der Waals surface area contributed by atoms with Gasteiger partial charge in [0.1, 0.15) is 5.82 Å². The predicted octanol–water partition coefficient (Wildman–Crippen LogP) is 1.88. The first-order valence-electron chi connectivity index (χ1n) is 8.46. The van der Waals surface area contributed by atoms with Crippen molar-refractivity contribution >= 4 is 0 Å². The molecule has 0 amide bonds. The number of aliphatic hydroxyl groups is 2. The Bertz CT molecular complexity index is 459. The van der Waals surface area contributed by atoms with Crippen LogP contribution >= 0.6 is 0 Å². The summed E-state index contributed by atoms with van der Waals surface area (Å²) in [5.74, 6) is 0.351. The van der Waals surface area contributed by atoms with Crippen molar-refractivity contribution in [3.05, 3.63) is 35.6 Å². The third kappa shape index (κ3) is 6.18. The molecule has 23 heavy (non-hydrogen) atoms. The number of piperidine rings is 1. The fourth-order valence-electron chi connectivity index (χ4n) is 3.33. The van der Waals surface area contributed by atoms with E-state index in [4.69, 9.17) is 0 Å². The number of halogens is 1.